The van der Waals surface area contributed by atoms with E-state index in [1.807, 2.05) is 67.2 Å². The van der Waals surface area contributed by atoms with Crippen molar-refractivity contribution in [3.63, 3.8) is 0 Å². The number of halogens is 7. The Morgan fingerprint density at radius 3 is 1.16 bits per heavy atom. The number of fused-ring (bicyclic) bond motifs is 4. The highest BCUT2D eigenvalue weighted by molar-refractivity contribution is 14.1. The monoisotopic (exact) mass is 1990 g/mol. The molecule has 0 radical (unpaired) electrons. The zero-order chi connectivity index (χ0) is 87.2. The molecule has 0 aliphatic rings. The Morgan fingerprint density at radius 1 is 0.393 bits per heavy atom. The van der Waals surface area contributed by atoms with E-state index in [-0.39, 0.29) is 48.3 Å². The van der Waals surface area contributed by atoms with Crippen LogP contribution in [-0.4, -0.2) is 117 Å². The van der Waals surface area contributed by atoms with Crippen LogP contribution in [0.2, 0.25) is 0 Å². The number of phenols is 4. The third-order valence-electron chi connectivity index (χ3n) is 18.7. The molecule has 9 N–H and O–H groups in total. The summed E-state index contributed by atoms with van der Waals surface area (Å²) in [7, 11) is -14.7. The fourth-order valence-electron chi connectivity index (χ4n) is 12.4. The quantitative estimate of drug-likeness (QED) is 0.0294. The van der Waals surface area contributed by atoms with Gasteiger partial charge in [-0.2, -0.15) is 34.0 Å². The van der Waals surface area contributed by atoms with Gasteiger partial charge in [0.1, 0.15) is 5.65 Å². The highest BCUT2D eigenvalue weighted by atomic mass is 127. The molecule has 0 amide bonds. The fourth-order valence-corrected chi connectivity index (χ4v) is 19.9. The predicted octanol–water partition coefficient (Wildman–Crippen LogP) is 18.1. The highest BCUT2D eigenvalue weighted by Gasteiger charge is 2.29. The predicted molar refractivity (Wildman–Crippen MR) is 485 cm³/mol. The van der Waals surface area contributed by atoms with Gasteiger partial charge >= 0.3 is 14.2 Å². The molecule has 618 valence electrons. The molecule has 18 rings (SSSR count). The van der Waals surface area contributed by atoms with Gasteiger partial charge in [-0.05, 0) is 221 Å². The molecule has 0 atom stereocenters. The van der Waals surface area contributed by atoms with Crippen molar-refractivity contribution in [2.45, 2.75) is 35.5 Å². The second kappa shape index (κ2) is 37.7. The number of aromatic nitrogens is 8. The molecule has 7 aromatic carbocycles. The first-order valence-electron chi connectivity index (χ1n) is 35.9. The number of nitrogens with one attached hydrogen (secondary N) is 1. The maximum absolute atomic E-state index is 14.1. The fraction of sp³-hybridized carbons (Fsp3) is 0.0353. The second-order valence-electron chi connectivity index (χ2n) is 26.8. The summed E-state index contributed by atoms with van der Waals surface area (Å²) in [6, 6.07) is 49.1. The Morgan fingerprint density at radius 2 is 0.762 bits per heavy atom. The van der Waals surface area contributed by atoms with Crippen LogP contribution in [-0.2, 0) is 30.1 Å². The van der Waals surface area contributed by atoms with E-state index in [1.165, 1.54) is 106 Å². The average molecular weight is 2000 g/mol. The molecule has 37 heteroatoms. The summed E-state index contributed by atoms with van der Waals surface area (Å²) in [4.78, 5) is 20.9. The van der Waals surface area contributed by atoms with E-state index in [9.17, 15) is 58.1 Å². The van der Waals surface area contributed by atoms with Gasteiger partial charge in [0.25, 0.3) is 30.1 Å². The van der Waals surface area contributed by atoms with Crippen LogP contribution in [0.3, 0.4) is 0 Å². The SMILES string of the molecule is Cc1ccc(S(=O)(=O)n2cc(-c3cccc(F)c3O)c3cc(-c4ccsc4)cnc32)cc1.Cc1ccc(S(=O)(=O)n2cc(-c3cccc(F)c3O)c3cc(Br)cnc32)cc1.Cc1ccc(S(=O)(=O)n2cc(I)c3cc(Br)cnc32)cc1.OB(O)c1cccc(F)c1O.OB(O)c1ccsc1.Oc1c(F)cccc1-c1c[nH]c2ncc(-c3ccsc3)cc12. The average Bonchev–Trinajstić information content (AvgIpc) is 1.59. The molecule has 11 heterocycles. The van der Waals surface area contributed by atoms with Gasteiger partial charge in [0, 0.05) is 134 Å². The number of nitrogens with zero attached hydrogens (tertiary/aromatic N) is 7. The lowest BCUT2D eigenvalue weighted by Gasteiger charge is -2.07. The Balaban J connectivity index is 0.000000132. The molecule has 18 aromatic rings. The number of rotatable bonds is 13. The maximum atomic E-state index is 14.1. The second-order valence-corrected chi connectivity index (χ2v) is 37.6. The van der Waals surface area contributed by atoms with Gasteiger partial charge in [0.2, 0.25) is 0 Å². The van der Waals surface area contributed by atoms with Crippen molar-refractivity contribution >= 4 is 188 Å². The van der Waals surface area contributed by atoms with Crippen molar-refractivity contribution in [2.24, 2.45) is 0 Å². The molecule has 0 spiro atoms. The van der Waals surface area contributed by atoms with Crippen LogP contribution in [0.25, 0.3) is 99.8 Å². The number of phenolic OH excluding ortho intramolecular Hbond substituents is 4. The van der Waals surface area contributed by atoms with Gasteiger partial charge in [0.15, 0.2) is 63.2 Å². The normalized spacial score (nSPS) is 11.4. The van der Waals surface area contributed by atoms with Crippen molar-refractivity contribution in [3.8, 4) is 78.6 Å². The number of benzene rings is 7. The smallest absolute Gasteiger partial charge is 0.492 e. The standard InChI is InChI=1S/C24H17FN2O3S2.C20H14BrFN2O3S.C17H11FN2OS.C14H10BrIN2O2S.C6H6BFO3.C4H5BO2S/c1-15-5-7-18(8-6-15)32(29,30)27-13-21(19-3-2-4-22(25)23(19)28)20-11-17(12-26-24(20)27)16-9-10-31-14-16;1-12-5-7-14(8-6-12)28(26,27)24-11-17(15-3-2-4-18(22)19(15)25)16-9-13(21)10-23-20(16)24;18-15-3-1-2-12(16(15)21)14-8-20-17-13(14)6-11(7-19-17)10-4-5-22-9-10;1-9-2-4-11(5-3-9)21(19,20)18-8-13(16)12-6-10(15)7-17-14(12)18;8-5-3-1-2-4(6(5)9)7(10)11;6-5(7)4-1-2-8-3-4/h2-14,28H,1H3;2-11,25H,1H3;1-9,21H,(H,19,20);2-8H,1H3;1-3,9-11H;1-3,6-7H. The van der Waals surface area contributed by atoms with Crippen LogP contribution in [0.5, 0.6) is 23.0 Å². The summed E-state index contributed by atoms with van der Waals surface area (Å²) in [6.07, 6.45) is 12.6. The number of para-hydroxylation sites is 4. The first-order valence-corrected chi connectivity index (χ1v) is 45.7. The summed E-state index contributed by atoms with van der Waals surface area (Å²) in [5.74, 6) is -5.22. The Bertz CT molecular complexity index is 7230. The molecule has 0 saturated heterocycles. The van der Waals surface area contributed by atoms with Crippen LogP contribution in [0.4, 0.5) is 17.6 Å². The lowest BCUT2D eigenvalue weighted by molar-refractivity contribution is 0.410. The number of H-pyrrole nitrogens is 1. The van der Waals surface area contributed by atoms with Crippen molar-refractivity contribution < 1.29 is 83.3 Å². The van der Waals surface area contributed by atoms with Crippen molar-refractivity contribution in [1.82, 2.24) is 36.8 Å². The zero-order valence-electron chi connectivity index (χ0n) is 63.4. The van der Waals surface area contributed by atoms with Gasteiger partial charge in [-0.3, -0.25) is 0 Å². The van der Waals surface area contributed by atoms with Gasteiger partial charge in [-0.1, -0.05) is 108 Å². The van der Waals surface area contributed by atoms with Crippen LogP contribution in [0.15, 0.2) is 294 Å². The first-order chi connectivity index (χ1) is 58.2. The lowest BCUT2D eigenvalue weighted by atomic mass is 9.79. The Labute approximate surface area is 737 Å². The Hall–Kier alpha value is -11.2. The van der Waals surface area contributed by atoms with Crippen LogP contribution in [0.1, 0.15) is 16.7 Å². The third kappa shape index (κ3) is 19.2. The maximum Gasteiger partial charge on any atom is 0.492 e. The topological polar surface area (TPSA) is 346 Å². The number of pyridine rings is 4. The molecule has 0 unspecified atom stereocenters. The van der Waals surface area contributed by atoms with E-state index in [0.717, 1.165) is 89.5 Å². The third-order valence-corrected chi connectivity index (χ3v) is 27.4. The molecule has 0 aliphatic carbocycles. The minimum atomic E-state index is -3.98. The van der Waals surface area contributed by atoms with E-state index in [1.54, 1.807) is 132 Å². The first kappa shape index (κ1) is 88.6. The van der Waals surface area contributed by atoms with E-state index in [4.69, 9.17) is 25.2 Å². The molecule has 0 fully saturated rings. The van der Waals surface area contributed by atoms with Gasteiger partial charge in [-0.25, -0.2) is 74.7 Å². The minimum absolute atomic E-state index is 0.106. The molecular formula is C85H63B2Br2F4IN8O14S6. The summed E-state index contributed by atoms with van der Waals surface area (Å²) in [5.41, 5.74) is 10.8. The van der Waals surface area contributed by atoms with E-state index in [2.05, 4.69) is 84.8 Å². The van der Waals surface area contributed by atoms with Gasteiger partial charge in [0.05, 0.1) is 14.7 Å². The summed E-state index contributed by atoms with van der Waals surface area (Å²) < 4.78 is 139. The van der Waals surface area contributed by atoms with E-state index in [0.29, 0.717) is 48.7 Å². The van der Waals surface area contributed by atoms with Gasteiger partial charge in [-0.15, -0.1) is 0 Å². The summed E-state index contributed by atoms with van der Waals surface area (Å²) >= 11 is 13.4. The number of hydrogen-bond acceptors (Lipinski definition) is 21. The van der Waals surface area contributed by atoms with Crippen molar-refractivity contribution in [3.05, 3.63) is 322 Å². The summed E-state index contributed by atoms with van der Waals surface area (Å²) in [5, 5.41) is 87.5. The number of aromatic amines is 1. The highest BCUT2D eigenvalue weighted by Crippen LogP contribution is 2.43. The van der Waals surface area contributed by atoms with Crippen molar-refractivity contribution in [2.75, 3.05) is 0 Å². The molecule has 122 heavy (non-hydrogen) atoms. The van der Waals surface area contributed by atoms with Crippen LogP contribution < -0.4 is 10.9 Å². The number of thiophene rings is 3. The molecule has 0 saturated carbocycles. The van der Waals surface area contributed by atoms with Gasteiger partial charge < -0.3 is 45.5 Å². The zero-order valence-corrected chi connectivity index (χ0v) is 73.6. The molecule has 0 bridgehead atoms. The summed E-state index contributed by atoms with van der Waals surface area (Å²) in [6.45, 7) is 5.66. The molecule has 22 nitrogen and oxygen atoms in total. The number of hydrogen-bond donors (Lipinski definition) is 9. The van der Waals surface area contributed by atoms with E-state index >= 15 is 0 Å². The van der Waals surface area contributed by atoms with Crippen LogP contribution >= 0.6 is 88.5 Å². The Kier molecular flexibility index (Phi) is 27.4. The molecular weight excluding hydrogens is 1930 g/mol. The molecule has 11 aromatic heterocycles. The van der Waals surface area contributed by atoms with E-state index < -0.39 is 84.8 Å². The number of aromatic hydroxyl groups is 4. The largest absolute Gasteiger partial charge is 0.505 e. The van der Waals surface area contributed by atoms with Crippen LogP contribution in [0, 0.1) is 47.6 Å². The number of aryl methyl sites for hydroxylation is 3. The van der Waals surface area contributed by atoms with Crippen molar-refractivity contribution in [1.29, 1.82) is 0 Å². The minimum Gasteiger partial charge on any atom is -0.505 e. The lowest BCUT2D eigenvalue weighted by Crippen LogP contribution is -2.30. The molecule has 0 aliphatic heterocycles.